The van der Waals surface area contributed by atoms with Crippen LogP contribution in [0, 0.1) is 0 Å². The lowest BCUT2D eigenvalue weighted by Crippen LogP contribution is -1.93. The second-order valence-electron chi connectivity index (χ2n) is 15.7. The van der Waals surface area contributed by atoms with Crippen LogP contribution in [0.15, 0.2) is 195 Å². The molecule has 0 saturated heterocycles. The highest BCUT2D eigenvalue weighted by Crippen LogP contribution is 2.43. The van der Waals surface area contributed by atoms with Gasteiger partial charge in [0.1, 0.15) is 25.3 Å². The normalized spacial score (nSPS) is 11.8. The Morgan fingerprint density at radius 3 is 1.16 bits per heavy atom. The van der Waals surface area contributed by atoms with Crippen molar-refractivity contribution in [2.45, 2.75) is 0 Å². The van der Waals surface area contributed by atoms with Gasteiger partial charge in [0.25, 0.3) is 0 Å². The van der Waals surface area contributed by atoms with Crippen LogP contribution in [0.1, 0.15) is 0 Å². The summed E-state index contributed by atoms with van der Waals surface area (Å²) in [4.78, 5) is 26.5. The lowest BCUT2D eigenvalue weighted by Gasteiger charge is -2.09. The molecular formula is C54H32N8S. The standard InChI is InChI=1S/C54H32N8S/c1-3-9-37(10-4-1)61-45-21-17-33(27-43(45)51-39(13-7-15-47(51)61)53-57-29-55-30-58-53)35-19-23-49-41(25-35)42-26-36(20-24-50(42)63-49)34-18-22-46-44(28-34)52-40(54-59-31-56-32-60-54)14-8-16-48(52)62(46)38-11-5-2-6-12-38/h1-32H. The van der Waals surface area contributed by atoms with Crippen molar-refractivity contribution in [1.29, 1.82) is 0 Å². The van der Waals surface area contributed by atoms with Gasteiger partial charge in [-0.05, 0) is 107 Å². The number of hydrogen-bond donors (Lipinski definition) is 0. The number of rotatable bonds is 6. The Kier molecular flexibility index (Phi) is 7.91. The molecular weight excluding hydrogens is 793 g/mol. The van der Waals surface area contributed by atoms with Crippen LogP contribution in [0.4, 0.5) is 0 Å². The second-order valence-corrected chi connectivity index (χ2v) is 16.7. The molecule has 0 aliphatic carbocycles. The summed E-state index contributed by atoms with van der Waals surface area (Å²) in [6.45, 7) is 0. The molecule has 0 radical (unpaired) electrons. The van der Waals surface area contributed by atoms with Crippen molar-refractivity contribution in [2.24, 2.45) is 0 Å². The molecule has 8 aromatic carbocycles. The van der Waals surface area contributed by atoms with Gasteiger partial charge in [-0.1, -0.05) is 84.9 Å². The third-order valence-electron chi connectivity index (χ3n) is 12.2. The van der Waals surface area contributed by atoms with Crippen LogP contribution in [0.5, 0.6) is 0 Å². The van der Waals surface area contributed by atoms with Crippen LogP contribution in [0.3, 0.4) is 0 Å². The van der Waals surface area contributed by atoms with E-state index in [2.05, 4.69) is 209 Å². The molecule has 0 N–H and O–H groups in total. The fourth-order valence-corrected chi connectivity index (χ4v) is 10.5. The Morgan fingerprint density at radius 2 is 0.730 bits per heavy atom. The van der Waals surface area contributed by atoms with Crippen molar-refractivity contribution in [3.63, 3.8) is 0 Å². The van der Waals surface area contributed by atoms with Crippen LogP contribution in [-0.2, 0) is 0 Å². The van der Waals surface area contributed by atoms with Crippen LogP contribution < -0.4 is 0 Å². The molecule has 0 aliphatic rings. The molecule has 0 unspecified atom stereocenters. The third-order valence-corrected chi connectivity index (χ3v) is 13.4. The predicted molar refractivity (Wildman–Crippen MR) is 257 cm³/mol. The first-order chi connectivity index (χ1) is 31.2. The first-order valence-electron chi connectivity index (χ1n) is 20.7. The Hall–Kier alpha value is -8.40. The average Bonchev–Trinajstić information content (AvgIpc) is 4.01. The average molecular weight is 825 g/mol. The van der Waals surface area contributed by atoms with Gasteiger partial charge in [-0.2, -0.15) is 0 Å². The zero-order valence-corrected chi connectivity index (χ0v) is 34.3. The van der Waals surface area contributed by atoms with E-state index < -0.39 is 0 Å². The van der Waals surface area contributed by atoms with Gasteiger partial charge >= 0.3 is 0 Å². The number of benzene rings is 8. The van der Waals surface area contributed by atoms with Gasteiger partial charge in [-0.25, -0.2) is 29.9 Å². The minimum Gasteiger partial charge on any atom is -0.309 e. The third kappa shape index (κ3) is 5.60. The molecule has 0 spiro atoms. The molecule has 8 nitrogen and oxygen atoms in total. The van der Waals surface area contributed by atoms with Crippen molar-refractivity contribution in [3.8, 4) is 56.4 Å². The van der Waals surface area contributed by atoms with E-state index in [1.165, 1.54) is 20.2 Å². The Balaban J connectivity index is 0.973. The van der Waals surface area contributed by atoms with Gasteiger partial charge < -0.3 is 9.13 Å². The summed E-state index contributed by atoms with van der Waals surface area (Å²) in [6.07, 6.45) is 6.25. The highest BCUT2D eigenvalue weighted by atomic mass is 32.1. The molecule has 9 heteroatoms. The van der Waals surface area contributed by atoms with E-state index in [-0.39, 0.29) is 0 Å². The molecule has 0 aliphatic heterocycles. The van der Waals surface area contributed by atoms with Gasteiger partial charge in [0.15, 0.2) is 11.6 Å². The van der Waals surface area contributed by atoms with Gasteiger partial charge in [-0.15, -0.1) is 11.3 Å². The van der Waals surface area contributed by atoms with Crippen molar-refractivity contribution in [3.05, 3.63) is 195 Å². The van der Waals surface area contributed by atoms with Crippen LogP contribution >= 0.6 is 11.3 Å². The van der Waals surface area contributed by atoms with E-state index in [1.54, 1.807) is 25.3 Å². The SMILES string of the molecule is c1ccc(-n2c3ccc(-c4ccc5sc6ccc(-c7ccc8c(c7)c7c(-c9ncncn9)cccc7n8-c7ccccc7)cc6c5c4)cc3c3c(-c4ncncn4)cccc32)cc1. The quantitative estimate of drug-likeness (QED) is 0.166. The Morgan fingerprint density at radius 1 is 0.333 bits per heavy atom. The van der Waals surface area contributed by atoms with Crippen molar-refractivity contribution < 1.29 is 0 Å². The highest BCUT2D eigenvalue weighted by molar-refractivity contribution is 7.25. The highest BCUT2D eigenvalue weighted by Gasteiger charge is 2.20. The van der Waals surface area contributed by atoms with E-state index in [4.69, 9.17) is 0 Å². The van der Waals surface area contributed by atoms with Gasteiger partial charge in [0.2, 0.25) is 0 Å². The Labute approximate surface area is 364 Å². The monoisotopic (exact) mass is 824 g/mol. The molecule has 0 amide bonds. The van der Waals surface area contributed by atoms with E-state index in [0.717, 1.165) is 88.4 Å². The molecule has 0 saturated carbocycles. The minimum atomic E-state index is 0.652. The molecule has 13 rings (SSSR count). The molecule has 0 bridgehead atoms. The van der Waals surface area contributed by atoms with Crippen LogP contribution in [0.2, 0.25) is 0 Å². The lowest BCUT2D eigenvalue weighted by atomic mass is 9.97. The molecule has 5 heterocycles. The summed E-state index contributed by atoms with van der Waals surface area (Å²) in [7, 11) is 0. The van der Waals surface area contributed by atoms with Gasteiger partial charge in [0, 0.05) is 64.2 Å². The number of para-hydroxylation sites is 2. The number of hydrogen-bond acceptors (Lipinski definition) is 7. The zero-order valence-electron chi connectivity index (χ0n) is 33.5. The summed E-state index contributed by atoms with van der Waals surface area (Å²) < 4.78 is 7.18. The fraction of sp³-hybridized carbons (Fsp3) is 0. The van der Waals surface area contributed by atoms with Gasteiger partial charge in [0.05, 0.1) is 22.1 Å². The van der Waals surface area contributed by atoms with Crippen LogP contribution in [-0.4, -0.2) is 39.0 Å². The molecule has 63 heavy (non-hydrogen) atoms. The zero-order chi connectivity index (χ0) is 41.4. The summed E-state index contributed by atoms with van der Waals surface area (Å²) in [6, 6.07) is 61.2. The molecule has 13 aromatic rings. The number of aromatic nitrogens is 8. The maximum absolute atomic E-state index is 4.57. The fourth-order valence-electron chi connectivity index (χ4n) is 9.48. The largest absolute Gasteiger partial charge is 0.309 e. The van der Waals surface area contributed by atoms with Crippen molar-refractivity contribution >= 4 is 75.1 Å². The van der Waals surface area contributed by atoms with Crippen molar-refractivity contribution in [2.75, 3.05) is 0 Å². The molecule has 294 valence electrons. The molecule has 0 atom stereocenters. The van der Waals surface area contributed by atoms with Crippen molar-refractivity contribution in [1.82, 2.24) is 39.0 Å². The number of fused-ring (bicyclic) bond motifs is 9. The van der Waals surface area contributed by atoms with Crippen LogP contribution in [0.25, 0.3) is 120 Å². The number of thiophene rings is 1. The molecule has 5 aromatic heterocycles. The maximum atomic E-state index is 4.57. The van der Waals surface area contributed by atoms with E-state index in [0.29, 0.717) is 11.6 Å². The topological polar surface area (TPSA) is 87.2 Å². The van der Waals surface area contributed by atoms with Gasteiger partial charge in [-0.3, -0.25) is 0 Å². The first-order valence-corrected chi connectivity index (χ1v) is 21.5. The predicted octanol–water partition coefficient (Wildman–Crippen LogP) is 13.3. The first kappa shape index (κ1) is 35.4. The van der Waals surface area contributed by atoms with E-state index in [1.807, 2.05) is 11.3 Å². The maximum Gasteiger partial charge on any atom is 0.163 e. The lowest BCUT2D eigenvalue weighted by molar-refractivity contribution is 1.06. The molecule has 0 fully saturated rings. The summed E-state index contributed by atoms with van der Waals surface area (Å²) in [5.41, 5.74) is 13.2. The smallest absolute Gasteiger partial charge is 0.163 e. The summed E-state index contributed by atoms with van der Waals surface area (Å²) in [5.74, 6) is 1.30. The Bertz CT molecular complexity index is 3640. The van der Waals surface area contributed by atoms with E-state index in [9.17, 15) is 0 Å². The van der Waals surface area contributed by atoms with E-state index >= 15 is 0 Å². The number of nitrogens with zero attached hydrogens (tertiary/aromatic N) is 8. The summed E-state index contributed by atoms with van der Waals surface area (Å²) >= 11 is 1.83. The second kappa shape index (κ2) is 14.1. The summed E-state index contributed by atoms with van der Waals surface area (Å²) in [5, 5.41) is 6.99. The minimum absolute atomic E-state index is 0.652.